The van der Waals surface area contributed by atoms with Gasteiger partial charge >= 0.3 is 0 Å². The summed E-state index contributed by atoms with van der Waals surface area (Å²) in [5, 5.41) is 3.15. The molecule has 0 atom stereocenters. The lowest BCUT2D eigenvalue weighted by molar-refractivity contribution is -0.126. The van der Waals surface area contributed by atoms with Crippen LogP contribution in [0.1, 0.15) is 54.9 Å². The summed E-state index contributed by atoms with van der Waals surface area (Å²) in [6, 6.07) is 17.5. The SMILES string of the molecule is Cc1cccc(CN2CCC(C(=O)NCCc3ccc(C(C)C)cc3)CC2)c1. The second kappa shape index (κ2) is 9.88. The Kier molecular flexibility index (Phi) is 7.27. The molecule has 1 heterocycles. The maximum atomic E-state index is 12.5. The minimum absolute atomic E-state index is 0.164. The van der Waals surface area contributed by atoms with E-state index in [9.17, 15) is 4.79 Å². The zero-order valence-corrected chi connectivity index (χ0v) is 17.6. The number of benzene rings is 2. The first-order chi connectivity index (χ1) is 13.5. The highest BCUT2D eigenvalue weighted by Gasteiger charge is 2.24. The fourth-order valence-electron chi connectivity index (χ4n) is 3.97. The monoisotopic (exact) mass is 378 g/mol. The van der Waals surface area contributed by atoms with Gasteiger partial charge in [-0.15, -0.1) is 0 Å². The van der Waals surface area contributed by atoms with Crippen molar-refractivity contribution in [2.75, 3.05) is 19.6 Å². The highest BCUT2D eigenvalue weighted by molar-refractivity contribution is 5.78. The smallest absolute Gasteiger partial charge is 0.223 e. The molecule has 3 rings (SSSR count). The molecule has 2 aromatic rings. The average molecular weight is 379 g/mol. The van der Waals surface area contributed by atoms with E-state index < -0.39 is 0 Å². The van der Waals surface area contributed by atoms with E-state index >= 15 is 0 Å². The molecular weight excluding hydrogens is 344 g/mol. The van der Waals surface area contributed by atoms with Crippen LogP contribution >= 0.6 is 0 Å². The minimum Gasteiger partial charge on any atom is -0.356 e. The number of amides is 1. The van der Waals surface area contributed by atoms with Crippen LogP contribution in [-0.4, -0.2) is 30.4 Å². The molecule has 3 heteroatoms. The summed E-state index contributed by atoms with van der Waals surface area (Å²) in [6.45, 7) is 10.3. The number of likely N-dealkylation sites (tertiary alicyclic amines) is 1. The molecule has 1 aliphatic rings. The lowest BCUT2D eigenvalue weighted by atomic mass is 9.95. The van der Waals surface area contributed by atoms with Gasteiger partial charge in [-0.25, -0.2) is 0 Å². The largest absolute Gasteiger partial charge is 0.356 e. The molecule has 0 bridgehead atoms. The van der Waals surface area contributed by atoms with Gasteiger partial charge in [0.1, 0.15) is 0 Å². The number of nitrogens with zero attached hydrogens (tertiary/aromatic N) is 1. The predicted molar refractivity (Wildman–Crippen MR) is 116 cm³/mol. The van der Waals surface area contributed by atoms with E-state index in [-0.39, 0.29) is 11.8 Å². The first-order valence-corrected chi connectivity index (χ1v) is 10.7. The van der Waals surface area contributed by atoms with Crippen molar-refractivity contribution in [2.45, 2.75) is 52.5 Å². The molecule has 1 aliphatic heterocycles. The molecule has 0 radical (unpaired) electrons. The van der Waals surface area contributed by atoms with Gasteiger partial charge in [-0.1, -0.05) is 67.9 Å². The molecule has 1 fully saturated rings. The van der Waals surface area contributed by atoms with Crippen LogP contribution < -0.4 is 5.32 Å². The Morgan fingerprint density at radius 3 is 2.43 bits per heavy atom. The predicted octanol–water partition coefficient (Wildman–Crippen LogP) is 4.69. The molecule has 3 nitrogen and oxygen atoms in total. The maximum absolute atomic E-state index is 12.5. The second-order valence-electron chi connectivity index (χ2n) is 8.48. The van der Waals surface area contributed by atoms with Crippen molar-refractivity contribution in [1.82, 2.24) is 10.2 Å². The van der Waals surface area contributed by atoms with Crippen LogP contribution in [0, 0.1) is 12.8 Å². The number of nitrogens with one attached hydrogen (secondary N) is 1. The highest BCUT2D eigenvalue weighted by atomic mass is 16.1. The Balaban J connectivity index is 1.38. The molecular formula is C25H34N2O. The first-order valence-electron chi connectivity index (χ1n) is 10.7. The van der Waals surface area contributed by atoms with Crippen molar-refractivity contribution < 1.29 is 4.79 Å². The number of hydrogen-bond donors (Lipinski definition) is 1. The van der Waals surface area contributed by atoms with E-state index in [1.54, 1.807) is 0 Å². The normalized spacial score (nSPS) is 15.7. The molecule has 1 saturated heterocycles. The third-order valence-electron chi connectivity index (χ3n) is 5.81. The summed E-state index contributed by atoms with van der Waals surface area (Å²) >= 11 is 0. The Hall–Kier alpha value is -2.13. The van der Waals surface area contributed by atoms with E-state index in [0.29, 0.717) is 5.92 Å². The van der Waals surface area contributed by atoms with E-state index in [1.165, 1.54) is 22.3 Å². The Bertz CT molecular complexity index is 758. The van der Waals surface area contributed by atoms with Gasteiger partial charge in [0.15, 0.2) is 0 Å². The van der Waals surface area contributed by atoms with Crippen LogP contribution in [0.5, 0.6) is 0 Å². The first kappa shape index (κ1) is 20.6. The molecule has 0 unspecified atom stereocenters. The van der Waals surface area contributed by atoms with Crippen LogP contribution in [0.25, 0.3) is 0 Å². The van der Waals surface area contributed by atoms with E-state index in [1.807, 2.05) is 0 Å². The van der Waals surface area contributed by atoms with E-state index in [4.69, 9.17) is 0 Å². The standard InChI is InChI=1S/C25H34N2O/c1-19(2)23-9-7-21(8-10-23)11-14-26-25(28)24-12-15-27(16-13-24)18-22-6-4-5-20(3)17-22/h4-10,17,19,24H,11-16,18H2,1-3H3,(H,26,28). The number of rotatable bonds is 7. The molecule has 1 N–H and O–H groups in total. The van der Waals surface area contributed by atoms with Crippen molar-refractivity contribution in [3.63, 3.8) is 0 Å². The van der Waals surface area contributed by atoms with Crippen molar-refractivity contribution >= 4 is 5.91 Å². The summed E-state index contributed by atoms with van der Waals surface area (Å²) < 4.78 is 0. The lowest BCUT2D eigenvalue weighted by Crippen LogP contribution is -2.40. The van der Waals surface area contributed by atoms with Gasteiger partial charge in [-0.05, 0) is 61.9 Å². The fraction of sp³-hybridized carbons (Fsp3) is 0.480. The summed E-state index contributed by atoms with van der Waals surface area (Å²) in [5.74, 6) is 0.955. The van der Waals surface area contributed by atoms with Gasteiger partial charge in [0.05, 0.1) is 0 Å². The molecule has 0 spiro atoms. The number of aryl methyl sites for hydroxylation is 1. The number of carbonyl (C=O) groups is 1. The Morgan fingerprint density at radius 1 is 1.07 bits per heavy atom. The Morgan fingerprint density at radius 2 is 1.79 bits per heavy atom. The number of piperidine rings is 1. The molecule has 0 aromatic heterocycles. The minimum atomic E-state index is 0.164. The van der Waals surface area contributed by atoms with Crippen LogP contribution in [-0.2, 0) is 17.8 Å². The average Bonchev–Trinajstić information content (AvgIpc) is 2.69. The van der Waals surface area contributed by atoms with Crippen LogP contribution in [0.4, 0.5) is 0 Å². The molecule has 0 aliphatic carbocycles. The second-order valence-corrected chi connectivity index (χ2v) is 8.48. The number of hydrogen-bond acceptors (Lipinski definition) is 2. The highest BCUT2D eigenvalue weighted by Crippen LogP contribution is 2.20. The topological polar surface area (TPSA) is 32.3 Å². The van der Waals surface area contributed by atoms with Crippen LogP contribution in [0.2, 0.25) is 0 Å². The third-order valence-corrected chi connectivity index (χ3v) is 5.81. The zero-order chi connectivity index (χ0) is 19.9. The summed E-state index contributed by atoms with van der Waals surface area (Å²) in [6.07, 6.45) is 2.82. The lowest BCUT2D eigenvalue weighted by Gasteiger charge is -2.31. The van der Waals surface area contributed by atoms with Gasteiger partial charge in [-0.3, -0.25) is 9.69 Å². The quantitative estimate of drug-likeness (QED) is 0.758. The molecule has 2 aromatic carbocycles. The molecule has 28 heavy (non-hydrogen) atoms. The summed E-state index contributed by atoms with van der Waals surface area (Å²) in [5.41, 5.74) is 5.33. The van der Waals surface area contributed by atoms with Gasteiger partial charge in [-0.2, -0.15) is 0 Å². The number of carbonyl (C=O) groups excluding carboxylic acids is 1. The molecule has 0 saturated carbocycles. The van der Waals surface area contributed by atoms with Crippen LogP contribution in [0.3, 0.4) is 0 Å². The van der Waals surface area contributed by atoms with Gasteiger partial charge < -0.3 is 5.32 Å². The van der Waals surface area contributed by atoms with E-state index in [0.717, 1.165) is 45.4 Å². The summed E-state index contributed by atoms with van der Waals surface area (Å²) in [4.78, 5) is 15.0. The van der Waals surface area contributed by atoms with Gasteiger partial charge in [0.2, 0.25) is 5.91 Å². The third kappa shape index (κ3) is 5.93. The fourth-order valence-corrected chi connectivity index (χ4v) is 3.97. The maximum Gasteiger partial charge on any atom is 0.223 e. The molecule has 1 amide bonds. The van der Waals surface area contributed by atoms with Gasteiger partial charge in [0.25, 0.3) is 0 Å². The van der Waals surface area contributed by atoms with E-state index in [2.05, 4.69) is 79.5 Å². The van der Waals surface area contributed by atoms with Crippen molar-refractivity contribution in [2.24, 2.45) is 5.92 Å². The van der Waals surface area contributed by atoms with Crippen molar-refractivity contribution in [3.8, 4) is 0 Å². The Labute approximate surface area is 170 Å². The van der Waals surface area contributed by atoms with Crippen molar-refractivity contribution in [1.29, 1.82) is 0 Å². The summed E-state index contributed by atoms with van der Waals surface area (Å²) in [7, 11) is 0. The van der Waals surface area contributed by atoms with Crippen LogP contribution in [0.15, 0.2) is 48.5 Å². The van der Waals surface area contributed by atoms with Crippen molar-refractivity contribution in [3.05, 3.63) is 70.8 Å². The van der Waals surface area contributed by atoms with Gasteiger partial charge in [0, 0.05) is 19.0 Å². The molecule has 150 valence electrons. The zero-order valence-electron chi connectivity index (χ0n) is 17.6.